The summed E-state index contributed by atoms with van der Waals surface area (Å²) >= 11 is 0.573. The molecule has 2 N–H and O–H groups in total. The minimum atomic E-state index is -3.40. The second kappa shape index (κ2) is 12.3. The lowest BCUT2D eigenvalue weighted by Crippen LogP contribution is -2.28. The molecule has 1 rings (SSSR count). The van der Waals surface area contributed by atoms with Gasteiger partial charge in [-0.2, -0.15) is 0 Å². The minimum absolute atomic E-state index is 0.0482. The third-order valence-corrected chi connectivity index (χ3v) is 6.44. The molecule has 27 heavy (non-hydrogen) atoms. The maximum absolute atomic E-state index is 13.9. The molecule has 0 radical (unpaired) electrons. The Balaban J connectivity index is 2.43. The van der Waals surface area contributed by atoms with Gasteiger partial charge in [0.15, 0.2) is 0 Å². The first-order chi connectivity index (χ1) is 12.7. The van der Waals surface area contributed by atoms with Gasteiger partial charge in [-0.05, 0) is 30.5 Å². The standard InChI is InChI=1S/C18H27F2NO4S2/c1-2-3-4-5-6-7-10-27(24,25)21-9-8-14-11-15(19)18(16(20)12-14)26-13-17(22)23/h11-12,21H,2-10,13H2,1H3,(H,22,23). The number of unbranched alkanes of at least 4 members (excludes halogenated alkanes) is 5. The fourth-order valence-corrected chi connectivity index (χ4v) is 4.33. The van der Waals surface area contributed by atoms with Crippen molar-refractivity contribution in [1.82, 2.24) is 4.72 Å². The summed E-state index contributed by atoms with van der Waals surface area (Å²) < 4.78 is 54.2. The van der Waals surface area contributed by atoms with Gasteiger partial charge in [0.1, 0.15) is 11.6 Å². The van der Waals surface area contributed by atoms with Crippen LogP contribution in [0.2, 0.25) is 0 Å². The van der Waals surface area contributed by atoms with Gasteiger partial charge in [0.2, 0.25) is 10.0 Å². The van der Waals surface area contributed by atoms with Crippen LogP contribution in [0.1, 0.15) is 51.0 Å². The maximum Gasteiger partial charge on any atom is 0.313 e. The summed E-state index contributed by atoms with van der Waals surface area (Å²) in [5.41, 5.74) is 0.312. The Morgan fingerprint density at radius 1 is 1.11 bits per heavy atom. The predicted molar refractivity (Wildman–Crippen MR) is 104 cm³/mol. The smallest absolute Gasteiger partial charge is 0.313 e. The van der Waals surface area contributed by atoms with E-state index in [-0.39, 0.29) is 23.6 Å². The third kappa shape index (κ3) is 10.1. The van der Waals surface area contributed by atoms with Crippen LogP contribution in [0, 0.1) is 11.6 Å². The monoisotopic (exact) mass is 423 g/mol. The average Bonchev–Trinajstić information content (AvgIpc) is 2.57. The molecule has 0 saturated heterocycles. The molecular weight excluding hydrogens is 396 g/mol. The SMILES string of the molecule is CCCCCCCCS(=O)(=O)NCCc1cc(F)c(SCC(=O)O)c(F)c1. The zero-order valence-electron chi connectivity index (χ0n) is 15.5. The molecule has 0 bridgehead atoms. The van der Waals surface area contributed by atoms with Crippen LogP contribution < -0.4 is 4.72 Å². The van der Waals surface area contributed by atoms with Crippen LogP contribution in [-0.2, 0) is 21.2 Å². The molecule has 0 amide bonds. The fraction of sp³-hybridized carbons (Fsp3) is 0.611. The Hall–Kier alpha value is -1.19. The molecule has 0 aliphatic heterocycles. The number of carbonyl (C=O) groups is 1. The highest BCUT2D eigenvalue weighted by atomic mass is 32.2. The van der Waals surface area contributed by atoms with Crippen molar-refractivity contribution >= 4 is 27.8 Å². The molecule has 0 atom stereocenters. The molecule has 1 aromatic carbocycles. The number of thioether (sulfide) groups is 1. The van der Waals surface area contributed by atoms with Crippen LogP contribution in [0.15, 0.2) is 17.0 Å². The first kappa shape index (κ1) is 23.8. The molecule has 9 heteroatoms. The van der Waals surface area contributed by atoms with Crippen molar-refractivity contribution in [3.05, 3.63) is 29.3 Å². The average molecular weight is 424 g/mol. The van der Waals surface area contributed by atoms with Crippen molar-refractivity contribution in [3.8, 4) is 0 Å². The van der Waals surface area contributed by atoms with E-state index in [1.54, 1.807) is 0 Å². The maximum atomic E-state index is 13.9. The molecule has 1 aromatic rings. The van der Waals surface area contributed by atoms with Crippen molar-refractivity contribution in [2.45, 2.75) is 56.8 Å². The Morgan fingerprint density at radius 3 is 2.30 bits per heavy atom. The van der Waals surface area contributed by atoms with E-state index in [0.717, 1.165) is 44.2 Å². The van der Waals surface area contributed by atoms with Crippen LogP contribution in [0.25, 0.3) is 0 Å². The van der Waals surface area contributed by atoms with E-state index in [1.807, 2.05) is 0 Å². The van der Waals surface area contributed by atoms with E-state index >= 15 is 0 Å². The lowest BCUT2D eigenvalue weighted by molar-refractivity contribution is -0.133. The molecule has 0 aromatic heterocycles. The molecule has 0 unspecified atom stereocenters. The quantitative estimate of drug-likeness (QED) is 0.350. The van der Waals surface area contributed by atoms with Crippen LogP contribution in [0.3, 0.4) is 0 Å². The topological polar surface area (TPSA) is 83.5 Å². The Bertz CT molecular complexity index is 688. The summed E-state index contributed by atoms with van der Waals surface area (Å²) in [6.07, 6.45) is 6.04. The Labute approximate surface area is 164 Å². The molecule has 154 valence electrons. The Kier molecular flexibility index (Phi) is 10.9. The van der Waals surface area contributed by atoms with Crippen molar-refractivity contribution in [2.75, 3.05) is 18.1 Å². The number of aliphatic carboxylic acids is 1. The number of halogens is 2. The molecule has 5 nitrogen and oxygen atoms in total. The first-order valence-corrected chi connectivity index (χ1v) is 11.7. The molecule has 0 aliphatic rings. The number of rotatable bonds is 14. The van der Waals surface area contributed by atoms with E-state index in [1.165, 1.54) is 0 Å². The Morgan fingerprint density at radius 2 is 1.70 bits per heavy atom. The van der Waals surface area contributed by atoms with Gasteiger partial charge < -0.3 is 5.11 Å². The number of benzene rings is 1. The molecule has 0 spiro atoms. The van der Waals surface area contributed by atoms with E-state index in [4.69, 9.17) is 5.11 Å². The van der Waals surface area contributed by atoms with Gasteiger partial charge in [-0.1, -0.05) is 39.0 Å². The number of hydrogen-bond donors (Lipinski definition) is 2. The predicted octanol–water partition coefficient (Wildman–Crippen LogP) is 3.96. The summed E-state index contributed by atoms with van der Waals surface area (Å²) in [7, 11) is -3.40. The van der Waals surface area contributed by atoms with E-state index < -0.39 is 33.4 Å². The molecule has 0 saturated carbocycles. The summed E-state index contributed by atoms with van der Waals surface area (Å²) in [6, 6.07) is 2.21. The second-order valence-corrected chi connectivity index (χ2v) is 9.21. The van der Waals surface area contributed by atoms with Crippen LogP contribution in [0.4, 0.5) is 8.78 Å². The zero-order valence-corrected chi connectivity index (χ0v) is 17.1. The highest BCUT2D eigenvalue weighted by Crippen LogP contribution is 2.26. The fourth-order valence-electron chi connectivity index (χ4n) is 2.52. The van der Waals surface area contributed by atoms with Crippen molar-refractivity contribution in [2.24, 2.45) is 0 Å². The van der Waals surface area contributed by atoms with E-state index in [0.29, 0.717) is 23.7 Å². The van der Waals surface area contributed by atoms with Gasteiger partial charge in [0.05, 0.1) is 16.4 Å². The van der Waals surface area contributed by atoms with Gasteiger partial charge in [-0.15, -0.1) is 11.8 Å². The van der Waals surface area contributed by atoms with Gasteiger partial charge >= 0.3 is 5.97 Å². The third-order valence-electron chi connectivity index (χ3n) is 3.90. The largest absolute Gasteiger partial charge is 0.481 e. The number of nitrogens with one attached hydrogen (secondary N) is 1. The van der Waals surface area contributed by atoms with Crippen molar-refractivity contribution in [3.63, 3.8) is 0 Å². The van der Waals surface area contributed by atoms with Gasteiger partial charge in [0, 0.05) is 6.54 Å². The van der Waals surface area contributed by atoms with Crippen LogP contribution >= 0.6 is 11.8 Å². The second-order valence-electron chi connectivity index (χ2n) is 6.30. The molecular formula is C18H27F2NO4S2. The lowest BCUT2D eigenvalue weighted by Gasteiger charge is -2.09. The molecule has 0 aliphatic carbocycles. The van der Waals surface area contributed by atoms with Gasteiger partial charge in [0.25, 0.3) is 0 Å². The summed E-state index contributed by atoms with van der Waals surface area (Å²) in [5.74, 6) is -3.24. The number of carboxylic acids is 1. The van der Waals surface area contributed by atoms with E-state index in [2.05, 4.69) is 11.6 Å². The highest BCUT2D eigenvalue weighted by molar-refractivity contribution is 8.00. The molecule has 0 heterocycles. The summed E-state index contributed by atoms with van der Waals surface area (Å²) in [5, 5.41) is 8.59. The highest BCUT2D eigenvalue weighted by Gasteiger charge is 2.14. The van der Waals surface area contributed by atoms with E-state index in [9.17, 15) is 22.0 Å². The number of hydrogen-bond acceptors (Lipinski definition) is 4. The summed E-state index contributed by atoms with van der Waals surface area (Å²) in [6.45, 7) is 2.17. The minimum Gasteiger partial charge on any atom is -0.481 e. The van der Waals surface area contributed by atoms with Gasteiger partial charge in [-0.25, -0.2) is 21.9 Å². The van der Waals surface area contributed by atoms with Crippen molar-refractivity contribution in [1.29, 1.82) is 0 Å². The lowest BCUT2D eigenvalue weighted by atomic mass is 10.1. The first-order valence-electron chi connectivity index (χ1n) is 9.05. The van der Waals surface area contributed by atoms with Gasteiger partial charge in [-0.3, -0.25) is 4.79 Å². The molecule has 0 fully saturated rings. The van der Waals surface area contributed by atoms with Crippen LogP contribution in [0.5, 0.6) is 0 Å². The number of carboxylic acid groups (broad SMARTS) is 1. The summed E-state index contributed by atoms with van der Waals surface area (Å²) in [4.78, 5) is 10.2. The normalized spacial score (nSPS) is 11.7. The van der Waals surface area contributed by atoms with Crippen LogP contribution in [-0.4, -0.2) is 37.5 Å². The number of sulfonamides is 1. The zero-order chi connectivity index (χ0) is 20.3. The van der Waals surface area contributed by atoms with Crippen molar-refractivity contribution < 1.29 is 27.1 Å².